The molecule has 1 aliphatic heterocycles. The molecule has 2 rings (SSSR count). The van der Waals surface area contributed by atoms with Gasteiger partial charge < -0.3 is 19.9 Å². The lowest BCUT2D eigenvalue weighted by Gasteiger charge is -2.21. The maximum atomic E-state index is 8.74. The van der Waals surface area contributed by atoms with Crippen molar-refractivity contribution in [2.24, 2.45) is 0 Å². The fourth-order valence-corrected chi connectivity index (χ4v) is 2.64. The lowest BCUT2D eigenvalue weighted by atomic mass is 10.2. The van der Waals surface area contributed by atoms with E-state index < -0.39 is 0 Å². The minimum absolute atomic E-state index is 0.266. The van der Waals surface area contributed by atoms with Gasteiger partial charge in [0.15, 0.2) is 11.5 Å². The fourth-order valence-electron chi connectivity index (χ4n) is 2.03. The number of nitrogens with one attached hydrogen (secondary N) is 1. The Labute approximate surface area is 118 Å². The number of hydrogen-bond acceptors (Lipinski definition) is 5. The molecule has 0 radical (unpaired) electrons. The molecule has 0 fully saturated rings. The molecule has 0 unspecified atom stereocenters. The Hall–Kier alpha value is -0.910. The van der Waals surface area contributed by atoms with Crippen molar-refractivity contribution in [1.82, 2.24) is 5.32 Å². The zero-order valence-corrected chi connectivity index (χ0v) is 12.1. The number of ether oxygens (including phenoxy) is 2. The predicted molar refractivity (Wildman–Crippen MR) is 77.2 cm³/mol. The van der Waals surface area contributed by atoms with Gasteiger partial charge in [-0.2, -0.15) is 0 Å². The number of aliphatic hydroxyl groups is 1. The van der Waals surface area contributed by atoms with Crippen molar-refractivity contribution in [2.45, 2.75) is 24.3 Å². The highest BCUT2D eigenvalue weighted by atomic mass is 32.2. The van der Waals surface area contributed by atoms with E-state index in [0.29, 0.717) is 13.2 Å². The molecular weight excluding hydrogens is 262 g/mol. The maximum Gasteiger partial charge on any atom is 0.162 e. The standard InChI is InChI=1S/C14H21NO3S/c1-19-14-9-13-12(17-6-7-18-13)8-11(14)10-15-4-2-3-5-16/h8-9,15-16H,2-7,10H2,1H3. The Morgan fingerprint density at radius 2 is 1.95 bits per heavy atom. The van der Waals surface area contributed by atoms with Gasteiger partial charge in [-0.1, -0.05) is 0 Å². The van der Waals surface area contributed by atoms with Crippen molar-refractivity contribution in [2.75, 3.05) is 32.6 Å². The van der Waals surface area contributed by atoms with Crippen molar-refractivity contribution in [1.29, 1.82) is 0 Å². The average Bonchev–Trinajstić information content (AvgIpc) is 2.46. The van der Waals surface area contributed by atoms with Crippen molar-refractivity contribution >= 4 is 11.8 Å². The summed E-state index contributed by atoms with van der Waals surface area (Å²) in [5.74, 6) is 1.69. The molecule has 0 saturated carbocycles. The highest BCUT2D eigenvalue weighted by Crippen LogP contribution is 2.36. The van der Waals surface area contributed by atoms with Gasteiger partial charge in [0.2, 0.25) is 0 Å². The van der Waals surface area contributed by atoms with E-state index in [9.17, 15) is 0 Å². The lowest BCUT2D eigenvalue weighted by Crippen LogP contribution is -2.18. The van der Waals surface area contributed by atoms with E-state index in [1.807, 2.05) is 0 Å². The molecule has 4 nitrogen and oxygen atoms in total. The van der Waals surface area contributed by atoms with E-state index in [1.54, 1.807) is 11.8 Å². The largest absolute Gasteiger partial charge is 0.486 e. The van der Waals surface area contributed by atoms with Crippen LogP contribution in [0.15, 0.2) is 17.0 Å². The molecule has 106 valence electrons. The van der Waals surface area contributed by atoms with Gasteiger partial charge in [-0.05, 0) is 43.3 Å². The summed E-state index contributed by atoms with van der Waals surface area (Å²) in [4.78, 5) is 1.22. The fraction of sp³-hybridized carbons (Fsp3) is 0.571. The number of fused-ring (bicyclic) bond motifs is 1. The Morgan fingerprint density at radius 3 is 2.63 bits per heavy atom. The second-order valence-electron chi connectivity index (χ2n) is 4.42. The molecule has 0 amide bonds. The van der Waals surface area contributed by atoms with Gasteiger partial charge in [0.25, 0.3) is 0 Å². The number of rotatable bonds is 7. The first kappa shape index (κ1) is 14.5. The summed E-state index contributed by atoms with van der Waals surface area (Å²) in [6.07, 6.45) is 3.92. The first-order chi connectivity index (χ1) is 9.35. The molecule has 2 N–H and O–H groups in total. The quantitative estimate of drug-likeness (QED) is 0.592. The van der Waals surface area contributed by atoms with Crippen molar-refractivity contribution in [3.63, 3.8) is 0 Å². The van der Waals surface area contributed by atoms with Gasteiger partial charge in [0.05, 0.1) is 0 Å². The second-order valence-corrected chi connectivity index (χ2v) is 5.26. The van der Waals surface area contributed by atoms with E-state index in [1.165, 1.54) is 10.5 Å². The van der Waals surface area contributed by atoms with Crippen LogP contribution < -0.4 is 14.8 Å². The number of unbranched alkanes of at least 4 members (excludes halogenated alkanes) is 1. The van der Waals surface area contributed by atoms with E-state index in [0.717, 1.165) is 37.4 Å². The maximum absolute atomic E-state index is 8.74. The minimum Gasteiger partial charge on any atom is -0.486 e. The Morgan fingerprint density at radius 1 is 1.21 bits per heavy atom. The zero-order valence-electron chi connectivity index (χ0n) is 11.3. The van der Waals surface area contributed by atoms with E-state index in [4.69, 9.17) is 14.6 Å². The highest BCUT2D eigenvalue weighted by molar-refractivity contribution is 7.98. The third-order valence-corrected chi connectivity index (χ3v) is 3.84. The van der Waals surface area contributed by atoms with Gasteiger partial charge >= 0.3 is 0 Å². The van der Waals surface area contributed by atoms with E-state index in [2.05, 4.69) is 23.7 Å². The molecule has 0 atom stereocenters. The first-order valence-corrected chi connectivity index (χ1v) is 7.85. The van der Waals surface area contributed by atoms with Gasteiger partial charge in [0.1, 0.15) is 13.2 Å². The van der Waals surface area contributed by atoms with Gasteiger partial charge in [-0.15, -0.1) is 11.8 Å². The molecule has 19 heavy (non-hydrogen) atoms. The number of hydrogen-bond donors (Lipinski definition) is 2. The zero-order chi connectivity index (χ0) is 13.5. The topological polar surface area (TPSA) is 50.7 Å². The van der Waals surface area contributed by atoms with Crippen LogP contribution in [-0.4, -0.2) is 37.7 Å². The minimum atomic E-state index is 0.266. The number of thioether (sulfide) groups is 1. The molecular formula is C14H21NO3S. The molecule has 1 aliphatic rings. The summed E-state index contributed by atoms with van der Waals surface area (Å²) in [6.45, 7) is 3.25. The average molecular weight is 283 g/mol. The summed E-state index contributed by atoms with van der Waals surface area (Å²) in [6, 6.07) is 4.13. The van der Waals surface area contributed by atoms with Gasteiger partial charge in [0, 0.05) is 18.0 Å². The van der Waals surface area contributed by atoms with Crippen LogP contribution in [0, 0.1) is 0 Å². The SMILES string of the molecule is CSc1cc2c(cc1CNCCCCO)OCCO2. The summed E-state index contributed by atoms with van der Waals surface area (Å²) >= 11 is 1.72. The Bertz CT molecular complexity index is 412. The summed E-state index contributed by atoms with van der Waals surface area (Å²) in [5.41, 5.74) is 1.24. The van der Waals surface area contributed by atoms with E-state index >= 15 is 0 Å². The van der Waals surface area contributed by atoms with Crippen molar-refractivity contribution in [3.05, 3.63) is 17.7 Å². The van der Waals surface area contributed by atoms with Crippen LogP contribution in [0.4, 0.5) is 0 Å². The first-order valence-electron chi connectivity index (χ1n) is 6.63. The molecule has 1 aromatic rings. The molecule has 0 spiro atoms. The van der Waals surface area contributed by atoms with Crippen LogP contribution in [0.5, 0.6) is 11.5 Å². The van der Waals surface area contributed by atoms with Crippen LogP contribution in [0.1, 0.15) is 18.4 Å². The normalized spacial score (nSPS) is 13.6. The van der Waals surface area contributed by atoms with Crippen LogP contribution in [0.2, 0.25) is 0 Å². The Balaban J connectivity index is 1.98. The molecule has 0 aliphatic carbocycles. The molecule has 0 bridgehead atoms. The summed E-state index contributed by atoms with van der Waals surface area (Å²) in [7, 11) is 0. The summed E-state index contributed by atoms with van der Waals surface area (Å²) < 4.78 is 11.2. The molecule has 1 aromatic carbocycles. The molecule has 0 saturated heterocycles. The highest BCUT2D eigenvalue weighted by Gasteiger charge is 2.15. The van der Waals surface area contributed by atoms with E-state index in [-0.39, 0.29) is 6.61 Å². The monoisotopic (exact) mass is 283 g/mol. The summed E-state index contributed by atoms with van der Waals surface area (Å²) in [5, 5.41) is 12.1. The predicted octanol–water partition coefficient (Wildman–Crippen LogP) is 2.04. The third-order valence-electron chi connectivity index (χ3n) is 3.02. The van der Waals surface area contributed by atoms with Crippen LogP contribution >= 0.6 is 11.8 Å². The van der Waals surface area contributed by atoms with Crippen LogP contribution in [-0.2, 0) is 6.54 Å². The number of benzene rings is 1. The molecule has 1 heterocycles. The molecule has 0 aromatic heterocycles. The number of aliphatic hydroxyl groups excluding tert-OH is 1. The second kappa shape index (κ2) is 7.62. The lowest BCUT2D eigenvalue weighted by molar-refractivity contribution is 0.171. The molecule has 5 heteroatoms. The van der Waals surface area contributed by atoms with Crippen molar-refractivity contribution < 1.29 is 14.6 Å². The van der Waals surface area contributed by atoms with Crippen LogP contribution in [0.3, 0.4) is 0 Å². The smallest absolute Gasteiger partial charge is 0.162 e. The van der Waals surface area contributed by atoms with Crippen molar-refractivity contribution in [3.8, 4) is 11.5 Å². The Kier molecular flexibility index (Phi) is 5.82. The third kappa shape index (κ3) is 4.03. The van der Waals surface area contributed by atoms with Crippen LogP contribution in [0.25, 0.3) is 0 Å². The van der Waals surface area contributed by atoms with Gasteiger partial charge in [-0.25, -0.2) is 0 Å². The van der Waals surface area contributed by atoms with Gasteiger partial charge in [-0.3, -0.25) is 0 Å².